The van der Waals surface area contributed by atoms with Gasteiger partial charge in [0, 0.05) is 11.1 Å². The van der Waals surface area contributed by atoms with Crippen LogP contribution in [0.1, 0.15) is 35.4 Å². The topological polar surface area (TPSA) is 33.1 Å². The molecule has 0 saturated carbocycles. The summed E-state index contributed by atoms with van der Waals surface area (Å²) in [5, 5.41) is 11.8. The zero-order chi connectivity index (χ0) is 14.8. The molecule has 0 aliphatic heterocycles. The van der Waals surface area contributed by atoms with Gasteiger partial charge in [0.1, 0.15) is 6.10 Å². The van der Waals surface area contributed by atoms with Crippen molar-refractivity contribution in [1.82, 2.24) is 4.98 Å². The molecular formula is C19H19NO. The Morgan fingerprint density at radius 3 is 2.67 bits per heavy atom. The minimum absolute atomic E-state index is 0.591. The van der Waals surface area contributed by atoms with E-state index >= 15 is 0 Å². The maximum absolute atomic E-state index is 10.7. The van der Waals surface area contributed by atoms with Crippen LogP contribution >= 0.6 is 0 Å². The van der Waals surface area contributed by atoms with Crippen LogP contribution in [-0.4, -0.2) is 10.1 Å². The number of hydrogen-bond acceptors (Lipinski definition) is 2. The Labute approximate surface area is 125 Å². The first kappa shape index (κ1) is 13.8. The Bertz CT molecular complexity index is 779. The van der Waals surface area contributed by atoms with Crippen LogP contribution in [0, 0.1) is 6.92 Å². The number of fused-ring (bicyclic) bond motifs is 1. The SMILES string of the molecule is CCc1ccccc1C(O)c1ccc2nc(C)ccc2c1. The van der Waals surface area contributed by atoms with Crippen molar-refractivity contribution in [2.75, 3.05) is 0 Å². The van der Waals surface area contributed by atoms with Crippen LogP contribution in [-0.2, 0) is 6.42 Å². The molecule has 0 spiro atoms. The summed E-state index contributed by atoms with van der Waals surface area (Å²) in [5.41, 5.74) is 5.06. The number of aliphatic hydroxyl groups is 1. The molecule has 3 rings (SSSR count). The average molecular weight is 277 g/mol. The fraction of sp³-hybridized carbons (Fsp3) is 0.211. The molecule has 1 N–H and O–H groups in total. The van der Waals surface area contributed by atoms with Crippen LogP contribution < -0.4 is 0 Å². The van der Waals surface area contributed by atoms with Crippen LogP contribution in [0.4, 0.5) is 0 Å². The van der Waals surface area contributed by atoms with Crippen LogP contribution in [0.25, 0.3) is 10.9 Å². The number of pyridine rings is 1. The molecule has 0 fully saturated rings. The van der Waals surface area contributed by atoms with Gasteiger partial charge in [-0.2, -0.15) is 0 Å². The third-order valence-electron chi connectivity index (χ3n) is 3.90. The van der Waals surface area contributed by atoms with Crippen LogP contribution in [0.3, 0.4) is 0 Å². The van der Waals surface area contributed by atoms with E-state index in [1.54, 1.807) is 0 Å². The predicted octanol–water partition coefficient (Wildman–Crippen LogP) is 4.19. The highest BCUT2D eigenvalue weighted by Crippen LogP contribution is 2.27. The molecule has 21 heavy (non-hydrogen) atoms. The van der Waals surface area contributed by atoms with Crippen LogP contribution in [0.15, 0.2) is 54.6 Å². The van der Waals surface area contributed by atoms with E-state index < -0.39 is 6.10 Å². The summed E-state index contributed by atoms with van der Waals surface area (Å²) in [4.78, 5) is 4.50. The van der Waals surface area contributed by atoms with Crippen molar-refractivity contribution in [3.63, 3.8) is 0 Å². The molecule has 3 aromatic rings. The number of rotatable bonds is 3. The molecule has 1 aromatic heterocycles. The number of hydrogen-bond donors (Lipinski definition) is 1. The largest absolute Gasteiger partial charge is 0.384 e. The van der Waals surface area contributed by atoms with E-state index in [4.69, 9.17) is 0 Å². The third kappa shape index (κ3) is 2.67. The number of aliphatic hydroxyl groups excluding tert-OH is 1. The Morgan fingerprint density at radius 2 is 1.86 bits per heavy atom. The van der Waals surface area contributed by atoms with Gasteiger partial charge in [0.05, 0.1) is 5.52 Å². The summed E-state index contributed by atoms with van der Waals surface area (Å²) in [6.07, 6.45) is 0.327. The lowest BCUT2D eigenvalue weighted by Gasteiger charge is -2.16. The normalized spacial score (nSPS) is 12.5. The minimum Gasteiger partial charge on any atom is -0.384 e. The number of aryl methyl sites for hydroxylation is 2. The van der Waals surface area contributed by atoms with E-state index in [9.17, 15) is 5.11 Å². The van der Waals surface area contributed by atoms with Gasteiger partial charge in [-0.05, 0) is 48.2 Å². The lowest BCUT2D eigenvalue weighted by Crippen LogP contribution is -2.03. The van der Waals surface area contributed by atoms with E-state index in [-0.39, 0.29) is 0 Å². The highest BCUT2D eigenvalue weighted by atomic mass is 16.3. The van der Waals surface area contributed by atoms with Crippen molar-refractivity contribution in [2.45, 2.75) is 26.4 Å². The summed E-state index contributed by atoms with van der Waals surface area (Å²) in [6.45, 7) is 4.10. The van der Waals surface area contributed by atoms with Crippen molar-refractivity contribution in [2.24, 2.45) is 0 Å². The van der Waals surface area contributed by atoms with E-state index in [1.165, 1.54) is 5.56 Å². The quantitative estimate of drug-likeness (QED) is 0.778. The summed E-state index contributed by atoms with van der Waals surface area (Å²) in [7, 11) is 0. The van der Waals surface area contributed by atoms with Crippen molar-refractivity contribution in [1.29, 1.82) is 0 Å². The smallest absolute Gasteiger partial charge is 0.104 e. The number of benzene rings is 2. The van der Waals surface area contributed by atoms with Crippen LogP contribution in [0.5, 0.6) is 0 Å². The summed E-state index contributed by atoms with van der Waals surface area (Å²) < 4.78 is 0. The summed E-state index contributed by atoms with van der Waals surface area (Å²) in [6, 6.07) is 18.1. The first-order valence-corrected chi connectivity index (χ1v) is 7.32. The highest BCUT2D eigenvalue weighted by molar-refractivity contribution is 5.79. The monoisotopic (exact) mass is 277 g/mol. The predicted molar refractivity (Wildman–Crippen MR) is 86.4 cm³/mol. The van der Waals surface area contributed by atoms with Crippen molar-refractivity contribution >= 4 is 10.9 Å². The standard InChI is InChI=1S/C19H19NO/c1-3-14-6-4-5-7-17(14)19(21)16-10-11-18-15(12-16)9-8-13(2)20-18/h4-12,19,21H,3H2,1-2H3. The van der Waals surface area contributed by atoms with Gasteiger partial charge in [0.25, 0.3) is 0 Å². The van der Waals surface area contributed by atoms with E-state index in [1.807, 2.05) is 49.4 Å². The second-order valence-corrected chi connectivity index (χ2v) is 5.36. The van der Waals surface area contributed by atoms with Gasteiger partial charge in [0.15, 0.2) is 0 Å². The molecule has 2 aromatic carbocycles. The van der Waals surface area contributed by atoms with Gasteiger partial charge in [-0.25, -0.2) is 0 Å². The fourth-order valence-corrected chi connectivity index (χ4v) is 2.72. The second kappa shape index (κ2) is 5.66. The molecule has 106 valence electrons. The molecule has 0 aliphatic rings. The molecular weight excluding hydrogens is 258 g/mol. The molecule has 1 unspecified atom stereocenters. The molecule has 0 amide bonds. The first-order chi connectivity index (χ1) is 10.2. The summed E-state index contributed by atoms with van der Waals surface area (Å²) in [5.74, 6) is 0. The zero-order valence-electron chi connectivity index (χ0n) is 12.4. The van der Waals surface area contributed by atoms with Gasteiger partial charge >= 0.3 is 0 Å². The Balaban J connectivity index is 2.05. The summed E-state index contributed by atoms with van der Waals surface area (Å²) >= 11 is 0. The molecule has 1 atom stereocenters. The Kier molecular flexibility index (Phi) is 3.72. The van der Waals surface area contributed by atoms with Gasteiger partial charge in [-0.3, -0.25) is 4.98 Å². The third-order valence-corrected chi connectivity index (χ3v) is 3.90. The van der Waals surface area contributed by atoms with Crippen LogP contribution in [0.2, 0.25) is 0 Å². The van der Waals surface area contributed by atoms with Crippen molar-refractivity contribution in [3.8, 4) is 0 Å². The molecule has 2 nitrogen and oxygen atoms in total. The highest BCUT2D eigenvalue weighted by Gasteiger charge is 2.14. The fourth-order valence-electron chi connectivity index (χ4n) is 2.72. The maximum atomic E-state index is 10.7. The second-order valence-electron chi connectivity index (χ2n) is 5.36. The minimum atomic E-state index is -0.591. The number of nitrogens with zero attached hydrogens (tertiary/aromatic N) is 1. The van der Waals surface area contributed by atoms with E-state index in [2.05, 4.69) is 24.0 Å². The zero-order valence-corrected chi connectivity index (χ0v) is 12.4. The van der Waals surface area contributed by atoms with E-state index in [0.29, 0.717) is 0 Å². The lowest BCUT2D eigenvalue weighted by atomic mass is 9.95. The maximum Gasteiger partial charge on any atom is 0.104 e. The van der Waals surface area contributed by atoms with Crippen molar-refractivity contribution < 1.29 is 5.11 Å². The van der Waals surface area contributed by atoms with E-state index in [0.717, 1.165) is 34.1 Å². The molecule has 2 heteroatoms. The molecule has 0 radical (unpaired) electrons. The van der Waals surface area contributed by atoms with Gasteiger partial charge in [0.2, 0.25) is 0 Å². The van der Waals surface area contributed by atoms with Gasteiger partial charge < -0.3 is 5.11 Å². The molecule has 0 saturated heterocycles. The number of aromatic nitrogens is 1. The first-order valence-electron chi connectivity index (χ1n) is 7.32. The molecule has 0 bridgehead atoms. The van der Waals surface area contributed by atoms with Gasteiger partial charge in [-0.1, -0.05) is 43.3 Å². The average Bonchev–Trinajstić information content (AvgIpc) is 2.53. The molecule has 0 aliphatic carbocycles. The molecule has 1 heterocycles. The lowest BCUT2D eigenvalue weighted by molar-refractivity contribution is 0.219. The Hall–Kier alpha value is -2.19. The Morgan fingerprint density at radius 1 is 1.05 bits per heavy atom. The van der Waals surface area contributed by atoms with Gasteiger partial charge in [-0.15, -0.1) is 0 Å². The van der Waals surface area contributed by atoms with Crippen molar-refractivity contribution in [3.05, 3.63) is 77.0 Å².